The first-order chi connectivity index (χ1) is 9.58. The summed E-state index contributed by atoms with van der Waals surface area (Å²) < 4.78 is 5.85. The molecule has 1 unspecified atom stereocenters. The first kappa shape index (κ1) is 14.9. The zero-order valence-electron chi connectivity index (χ0n) is 11.9. The van der Waals surface area contributed by atoms with E-state index in [1.54, 1.807) is 0 Å². The summed E-state index contributed by atoms with van der Waals surface area (Å²) in [5.41, 5.74) is 8.10. The normalized spacial score (nSPS) is 12.2. The summed E-state index contributed by atoms with van der Waals surface area (Å²) in [5, 5.41) is 0.700. The van der Waals surface area contributed by atoms with E-state index < -0.39 is 0 Å². The van der Waals surface area contributed by atoms with E-state index in [9.17, 15) is 0 Å². The minimum Gasteiger partial charge on any atom is -0.457 e. The van der Waals surface area contributed by atoms with Crippen LogP contribution in [0.15, 0.2) is 42.5 Å². The third kappa shape index (κ3) is 3.99. The number of hydrogen-bond donors (Lipinski definition) is 1. The zero-order valence-corrected chi connectivity index (χ0v) is 12.7. The molecule has 3 heteroatoms. The Morgan fingerprint density at radius 1 is 1.15 bits per heavy atom. The van der Waals surface area contributed by atoms with Gasteiger partial charge in [0.15, 0.2) is 0 Å². The molecule has 0 radical (unpaired) electrons. The van der Waals surface area contributed by atoms with Gasteiger partial charge in [0.05, 0.1) is 0 Å². The van der Waals surface area contributed by atoms with E-state index in [2.05, 4.69) is 13.0 Å². The summed E-state index contributed by atoms with van der Waals surface area (Å²) in [6, 6.07) is 13.9. The Balaban J connectivity index is 2.15. The SMILES string of the molecule is CCc1cccc(Oc2ccc(CC(C)N)c(Cl)c2)c1. The number of hydrogen-bond acceptors (Lipinski definition) is 2. The Morgan fingerprint density at radius 3 is 2.55 bits per heavy atom. The highest BCUT2D eigenvalue weighted by molar-refractivity contribution is 6.31. The average molecular weight is 290 g/mol. The molecule has 0 saturated heterocycles. The predicted octanol–water partition coefficient (Wildman–Crippen LogP) is 4.58. The molecular weight excluding hydrogens is 270 g/mol. The maximum atomic E-state index is 6.26. The molecule has 0 bridgehead atoms. The number of rotatable bonds is 5. The second-order valence-corrected chi connectivity index (χ2v) is 5.44. The lowest BCUT2D eigenvalue weighted by Crippen LogP contribution is -2.17. The van der Waals surface area contributed by atoms with Gasteiger partial charge in [-0.25, -0.2) is 0 Å². The number of nitrogens with two attached hydrogens (primary N) is 1. The van der Waals surface area contributed by atoms with Gasteiger partial charge in [0.2, 0.25) is 0 Å². The van der Waals surface area contributed by atoms with E-state index in [1.807, 2.05) is 43.3 Å². The molecule has 2 aromatic carbocycles. The topological polar surface area (TPSA) is 35.2 Å². The minimum absolute atomic E-state index is 0.0977. The molecule has 106 valence electrons. The molecule has 0 aliphatic carbocycles. The molecule has 0 fully saturated rings. The number of halogens is 1. The van der Waals surface area contributed by atoms with Gasteiger partial charge in [0.1, 0.15) is 11.5 Å². The second kappa shape index (κ2) is 6.78. The maximum Gasteiger partial charge on any atom is 0.128 e. The van der Waals surface area contributed by atoms with Crippen LogP contribution in [0.1, 0.15) is 25.0 Å². The van der Waals surface area contributed by atoms with Gasteiger partial charge in [-0.15, -0.1) is 0 Å². The van der Waals surface area contributed by atoms with Crippen LogP contribution in [-0.2, 0) is 12.8 Å². The molecule has 0 aromatic heterocycles. The molecule has 0 spiro atoms. The molecule has 0 amide bonds. The monoisotopic (exact) mass is 289 g/mol. The summed E-state index contributed by atoms with van der Waals surface area (Å²) in [7, 11) is 0. The van der Waals surface area contributed by atoms with Crippen LogP contribution < -0.4 is 10.5 Å². The van der Waals surface area contributed by atoms with Gasteiger partial charge in [-0.1, -0.05) is 36.7 Å². The quantitative estimate of drug-likeness (QED) is 0.874. The van der Waals surface area contributed by atoms with Crippen molar-refractivity contribution in [3.63, 3.8) is 0 Å². The van der Waals surface area contributed by atoms with Crippen molar-refractivity contribution >= 4 is 11.6 Å². The Morgan fingerprint density at radius 2 is 1.90 bits per heavy atom. The number of benzene rings is 2. The molecule has 2 rings (SSSR count). The van der Waals surface area contributed by atoms with Crippen molar-refractivity contribution in [1.82, 2.24) is 0 Å². The van der Waals surface area contributed by atoms with E-state index in [-0.39, 0.29) is 6.04 Å². The third-order valence-corrected chi connectivity index (χ3v) is 3.46. The Labute approximate surface area is 125 Å². The standard InChI is InChI=1S/C17H20ClNO/c1-3-13-5-4-6-15(10-13)20-16-8-7-14(9-12(2)19)17(18)11-16/h4-8,10-12H,3,9,19H2,1-2H3. The molecule has 2 nitrogen and oxygen atoms in total. The van der Waals surface area contributed by atoms with Gasteiger partial charge < -0.3 is 10.5 Å². The lowest BCUT2D eigenvalue weighted by atomic mass is 10.1. The summed E-state index contributed by atoms with van der Waals surface area (Å²) in [6.45, 7) is 4.09. The fourth-order valence-corrected chi connectivity index (χ4v) is 2.32. The van der Waals surface area contributed by atoms with E-state index in [0.717, 1.165) is 29.9 Å². The molecule has 2 N–H and O–H groups in total. The van der Waals surface area contributed by atoms with Crippen LogP contribution in [0.3, 0.4) is 0 Å². The van der Waals surface area contributed by atoms with Gasteiger partial charge in [0.25, 0.3) is 0 Å². The van der Waals surface area contributed by atoms with Crippen LogP contribution in [0.5, 0.6) is 11.5 Å². The van der Waals surface area contributed by atoms with E-state index in [1.165, 1.54) is 5.56 Å². The van der Waals surface area contributed by atoms with Gasteiger partial charge in [-0.2, -0.15) is 0 Å². The summed E-state index contributed by atoms with van der Waals surface area (Å²) in [4.78, 5) is 0. The lowest BCUT2D eigenvalue weighted by molar-refractivity contribution is 0.482. The predicted molar refractivity (Wildman–Crippen MR) is 84.7 cm³/mol. The molecule has 0 saturated carbocycles. The van der Waals surface area contributed by atoms with Crippen molar-refractivity contribution in [2.45, 2.75) is 32.7 Å². The van der Waals surface area contributed by atoms with Gasteiger partial charge in [-0.3, -0.25) is 0 Å². The molecular formula is C17H20ClNO. The third-order valence-electron chi connectivity index (χ3n) is 3.11. The molecule has 0 aliphatic heterocycles. The van der Waals surface area contributed by atoms with Gasteiger partial charge in [0, 0.05) is 11.1 Å². The van der Waals surface area contributed by atoms with Crippen LogP contribution in [0, 0.1) is 0 Å². The van der Waals surface area contributed by atoms with Gasteiger partial charge in [-0.05, 0) is 55.2 Å². The lowest BCUT2D eigenvalue weighted by Gasteiger charge is -2.11. The fraction of sp³-hybridized carbons (Fsp3) is 0.294. The maximum absolute atomic E-state index is 6.26. The van der Waals surface area contributed by atoms with Crippen molar-refractivity contribution in [3.8, 4) is 11.5 Å². The number of ether oxygens (including phenoxy) is 1. The summed E-state index contributed by atoms with van der Waals surface area (Å²) in [5.74, 6) is 1.58. The van der Waals surface area contributed by atoms with Crippen LogP contribution in [-0.4, -0.2) is 6.04 Å². The van der Waals surface area contributed by atoms with E-state index in [4.69, 9.17) is 22.1 Å². The first-order valence-electron chi connectivity index (χ1n) is 6.89. The highest BCUT2D eigenvalue weighted by Crippen LogP contribution is 2.28. The van der Waals surface area contributed by atoms with Crippen LogP contribution in [0.4, 0.5) is 0 Å². The smallest absolute Gasteiger partial charge is 0.128 e. The highest BCUT2D eigenvalue weighted by Gasteiger charge is 2.06. The van der Waals surface area contributed by atoms with Gasteiger partial charge >= 0.3 is 0 Å². The summed E-state index contributed by atoms with van der Waals surface area (Å²) >= 11 is 6.26. The fourth-order valence-electron chi connectivity index (χ4n) is 2.07. The van der Waals surface area contributed by atoms with Crippen LogP contribution in [0.2, 0.25) is 5.02 Å². The highest BCUT2D eigenvalue weighted by atomic mass is 35.5. The molecule has 2 aromatic rings. The molecule has 0 heterocycles. The van der Waals surface area contributed by atoms with Crippen molar-refractivity contribution in [1.29, 1.82) is 0 Å². The zero-order chi connectivity index (χ0) is 14.5. The largest absolute Gasteiger partial charge is 0.457 e. The van der Waals surface area contributed by atoms with Crippen molar-refractivity contribution in [2.24, 2.45) is 5.73 Å². The first-order valence-corrected chi connectivity index (χ1v) is 7.27. The second-order valence-electron chi connectivity index (χ2n) is 5.04. The average Bonchev–Trinajstić information content (AvgIpc) is 2.42. The molecule has 1 atom stereocenters. The van der Waals surface area contributed by atoms with Crippen molar-refractivity contribution in [2.75, 3.05) is 0 Å². The molecule has 20 heavy (non-hydrogen) atoms. The van der Waals surface area contributed by atoms with Crippen molar-refractivity contribution in [3.05, 3.63) is 58.6 Å². The van der Waals surface area contributed by atoms with Crippen LogP contribution >= 0.6 is 11.6 Å². The van der Waals surface area contributed by atoms with Crippen molar-refractivity contribution < 1.29 is 4.74 Å². The molecule has 0 aliphatic rings. The summed E-state index contributed by atoms with van der Waals surface area (Å²) in [6.07, 6.45) is 1.76. The van der Waals surface area contributed by atoms with Crippen LogP contribution in [0.25, 0.3) is 0 Å². The minimum atomic E-state index is 0.0977. The Hall–Kier alpha value is -1.51. The van der Waals surface area contributed by atoms with E-state index >= 15 is 0 Å². The number of aryl methyl sites for hydroxylation is 1. The van der Waals surface area contributed by atoms with E-state index in [0.29, 0.717) is 5.02 Å². The Kier molecular flexibility index (Phi) is 5.05. The Bertz CT molecular complexity index is 581.